The van der Waals surface area contributed by atoms with E-state index in [4.69, 9.17) is 10.5 Å². The van der Waals surface area contributed by atoms with Gasteiger partial charge in [-0.15, -0.1) is 0 Å². The van der Waals surface area contributed by atoms with Gasteiger partial charge in [0, 0.05) is 13.1 Å². The SMILES string of the molecule is CC1=C(N)Nc2cc(CNCc3cccc(F)c3)ccc2O1. The largest absolute Gasteiger partial charge is 0.456 e. The minimum absolute atomic E-state index is 0.216. The van der Waals surface area contributed by atoms with Gasteiger partial charge in [0.1, 0.15) is 17.4 Å². The van der Waals surface area contributed by atoms with Gasteiger partial charge in [-0.2, -0.15) is 0 Å². The van der Waals surface area contributed by atoms with Crippen LogP contribution in [0, 0.1) is 5.82 Å². The predicted molar refractivity (Wildman–Crippen MR) is 84.5 cm³/mol. The Morgan fingerprint density at radius 3 is 2.68 bits per heavy atom. The summed E-state index contributed by atoms with van der Waals surface area (Å²) in [7, 11) is 0. The first-order valence-electron chi connectivity index (χ1n) is 7.11. The molecule has 0 atom stereocenters. The molecule has 1 aliphatic heterocycles. The van der Waals surface area contributed by atoms with Crippen LogP contribution in [0.3, 0.4) is 0 Å². The second kappa shape index (κ2) is 6.07. The average Bonchev–Trinajstić information content (AvgIpc) is 2.49. The van der Waals surface area contributed by atoms with Crippen molar-refractivity contribution >= 4 is 5.69 Å². The topological polar surface area (TPSA) is 59.3 Å². The lowest BCUT2D eigenvalue weighted by molar-refractivity contribution is 0.415. The first kappa shape index (κ1) is 14.4. The van der Waals surface area contributed by atoms with Gasteiger partial charge in [-0.25, -0.2) is 4.39 Å². The van der Waals surface area contributed by atoms with Gasteiger partial charge >= 0.3 is 0 Å². The molecule has 0 aliphatic carbocycles. The van der Waals surface area contributed by atoms with Crippen LogP contribution in [-0.4, -0.2) is 0 Å². The van der Waals surface area contributed by atoms with E-state index in [-0.39, 0.29) is 5.82 Å². The molecule has 3 rings (SSSR count). The normalized spacial score (nSPS) is 13.4. The van der Waals surface area contributed by atoms with Crippen LogP contribution in [0.2, 0.25) is 0 Å². The summed E-state index contributed by atoms with van der Waals surface area (Å²) in [6.45, 7) is 3.10. The highest BCUT2D eigenvalue weighted by molar-refractivity contribution is 5.63. The lowest BCUT2D eigenvalue weighted by atomic mass is 10.1. The molecule has 114 valence electrons. The third-order valence-corrected chi connectivity index (χ3v) is 3.50. The molecule has 1 heterocycles. The Kier molecular flexibility index (Phi) is 3.98. The van der Waals surface area contributed by atoms with Gasteiger partial charge in [0.15, 0.2) is 5.75 Å². The maximum Gasteiger partial charge on any atom is 0.150 e. The smallest absolute Gasteiger partial charge is 0.150 e. The van der Waals surface area contributed by atoms with E-state index in [1.54, 1.807) is 6.07 Å². The lowest BCUT2D eigenvalue weighted by Crippen LogP contribution is -2.19. The van der Waals surface area contributed by atoms with Crippen LogP contribution in [0.1, 0.15) is 18.1 Å². The van der Waals surface area contributed by atoms with Crippen LogP contribution >= 0.6 is 0 Å². The van der Waals surface area contributed by atoms with E-state index < -0.39 is 0 Å². The number of anilines is 1. The van der Waals surface area contributed by atoms with Gasteiger partial charge in [-0.3, -0.25) is 0 Å². The number of ether oxygens (including phenoxy) is 1. The number of nitrogens with two attached hydrogens (primary N) is 1. The van der Waals surface area contributed by atoms with Gasteiger partial charge < -0.3 is 21.1 Å². The standard InChI is InChI=1S/C17H18FN3O/c1-11-17(19)21-15-8-13(5-6-16(15)22-11)10-20-9-12-3-2-4-14(18)7-12/h2-8,20-21H,9-10,19H2,1H3. The van der Waals surface area contributed by atoms with E-state index in [0.717, 1.165) is 22.6 Å². The quantitative estimate of drug-likeness (QED) is 0.812. The van der Waals surface area contributed by atoms with Crippen LogP contribution in [0.4, 0.5) is 10.1 Å². The molecule has 0 saturated heterocycles. The van der Waals surface area contributed by atoms with Crippen molar-refractivity contribution in [1.82, 2.24) is 5.32 Å². The molecule has 0 aromatic heterocycles. The van der Waals surface area contributed by atoms with Crippen molar-refractivity contribution in [2.75, 3.05) is 5.32 Å². The van der Waals surface area contributed by atoms with Crippen LogP contribution < -0.4 is 21.1 Å². The molecule has 2 aromatic rings. The number of hydrogen-bond donors (Lipinski definition) is 3. The van der Waals surface area contributed by atoms with Crippen LogP contribution in [0.25, 0.3) is 0 Å². The van der Waals surface area contributed by atoms with Crippen molar-refractivity contribution in [2.45, 2.75) is 20.0 Å². The first-order chi connectivity index (χ1) is 10.6. The molecule has 4 N–H and O–H groups in total. The molecule has 22 heavy (non-hydrogen) atoms. The predicted octanol–water partition coefficient (Wildman–Crippen LogP) is 3.07. The fraction of sp³-hybridized carbons (Fsp3) is 0.176. The zero-order chi connectivity index (χ0) is 15.5. The molecular weight excluding hydrogens is 281 g/mol. The van der Waals surface area contributed by atoms with Gasteiger partial charge in [0.25, 0.3) is 0 Å². The number of fused-ring (bicyclic) bond motifs is 1. The minimum Gasteiger partial charge on any atom is -0.456 e. The van der Waals surface area contributed by atoms with Gasteiger partial charge in [0.05, 0.1) is 5.69 Å². The summed E-state index contributed by atoms with van der Waals surface area (Å²) in [6.07, 6.45) is 0. The Morgan fingerprint density at radius 1 is 1.14 bits per heavy atom. The third kappa shape index (κ3) is 3.20. The lowest BCUT2D eigenvalue weighted by Gasteiger charge is -2.21. The monoisotopic (exact) mass is 299 g/mol. The highest BCUT2D eigenvalue weighted by Crippen LogP contribution is 2.31. The highest BCUT2D eigenvalue weighted by Gasteiger charge is 2.14. The van der Waals surface area contributed by atoms with Gasteiger partial charge in [0.2, 0.25) is 0 Å². The Hall–Kier alpha value is -2.53. The summed E-state index contributed by atoms with van der Waals surface area (Å²) in [5.74, 6) is 1.74. The molecule has 0 fully saturated rings. The fourth-order valence-electron chi connectivity index (χ4n) is 2.32. The molecule has 0 bridgehead atoms. The van der Waals surface area contributed by atoms with Gasteiger partial charge in [-0.05, 0) is 42.3 Å². The van der Waals surface area contributed by atoms with E-state index in [1.165, 1.54) is 12.1 Å². The molecule has 4 nitrogen and oxygen atoms in total. The molecule has 5 heteroatoms. The maximum atomic E-state index is 13.1. The van der Waals surface area contributed by atoms with Crippen molar-refractivity contribution in [2.24, 2.45) is 5.73 Å². The minimum atomic E-state index is -0.216. The number of allylic oxidation sites excluding steroid dienone is 1. The Bertz CT molecular complexity index is 728. The number of halogens is 1. The zero-order valence-corrected chi connectivity index (χ0v) is 12.3. The maximum absolute atomic E-state index is 13.1. The molecule has 0 unspecified atom stereocenters. The number of benzene rings is 2. The second-order valence-electron chi connectivity index (χ2n) is 5.26. The van der Waals surface area contributed by atoms with Crippen molar-refractivity contribution in [3.05, 3.63) is 71.0 Å². The Balaban J connectivity index is 1.62. The average molecular weight is 299 g/mol. The van der Waals surface area contributed by atoms with E-state index in [9.17, 15) is 4.39 Å². The van der Waals surface area contributed by atoms with Crippen LogP contribution in [0.5, 0.6) is 5.75 Å². The summed E-state index contributed by atoms with van der Waals surface area (Å²) in [5, 5.41) is 6.41. The summed E-state index contributed by atoms with van der Waals surface area (Å²) in [6, 6.07) is 12.5. The highest BCUT2D eigenvalue weighted by atomic mass is 19.1. The second-order valence-corrected chi connectivity index (χ2v) is 5.26. The van der Waals surface area contributed by atoms with E-state index in [1.807, 2.05) is 31.2 Å². The molecule has 1 aliphatic rings. The molecule has 0 amide bonds. The molecule has 0 radical (unpaired) electrons. The van der Waals surface area contributed by atoms with Crippen molar-refractivity contribution in [3.8, 4) is 5.75 Å². The van der Waals surface area contributed by atoms with Crippen molar-refractivity contribution in [3.63, 3.8) is 0 Å². The zero-order valence-electron chi connectivity index (χ0n) is 12.3. The van der Waals surface area contributed by atoms with E-state index in [0.29, 0.717) is 24.7 Å². The molecule has 0 saturated carbocycles. The van der Waals surface area contributed by atoms with E-state index >= 15 is 0 Å². The fourth-order valence-corrected chi connectivity index (χ4v) is 2.32. The summed E-state index contributed by atoms with van der Waals surface area (Å²) < 4.78 is 18.7. The van der Waals surface area contributed by atoms with E-state index in [2.05, 4.69) is 10.6 Å². The van der Waals surface area contributed by atoms with Crippen molar-refractivity contribution in [1.29, 1.82) is 0 Å². The Labute approximate surface area is 128 Å². The number of nitrogens with one attached hydrogen (secondary N) is 2. The Morgan fingerprint density at radius 2 is 1.91 bits per heavy atom. The molecular formula is C17H18FN3O. The van der Waals surface area contributed by atoms with Crippen LogP contribution in [-0.2, 0) is 13.1 Å². The van der Waals surface area contributed by atoms with Gasteiger partial charge in [-0.1, -0.05) is 18.2 Å². The summed E-state index contributed by atoms with van der Waals surface area (Å²) >= 11 is 0. The number of rotatable bonds is 4. The van der Waals surface area contributed by atoms with Crippen LogP contribution in [0.15, 0.2) is 54.0 Å². The summed E-state index contributed by atoms with van der Waals surface area (Å²) in [4.78, 5) is 0. The third-order valence-electron chi connectivity index (χ3n) is 3.50. The molecule has 0 spiro atoms. The summed E-state index contributed by atoms with van der Waals surface area (Å²) in [5.41, 5.74) is 8.70. The number of hydrogen-bond acceptors (Lipinski definition) is 4. The van der Waals surface area contributed by atoms with Crippen molar-refractivity contribution < 1.29 is 9.13 Å². The molecule has 2 aromatic carbocycles. The first-order valence-corrected chi connectivity index (χ1v) is 7.11.